The van der Waals surface area contributed by atoms with Crippen LogP contribution < -0.4 is 5.73 Å². The second kappa shape index (κ2) is 6.49. The topological polar surface area (TPSA) is 29.3 Å². The predicted molar refractivity (Wildman–Crippen MR) is 67.0 cm³/mol. The van der Waals surface area contributed by atoms with Crippen molar-refractivity contribution in [3.05, 3.63) is 0 Å². The number of hydrogen-bond donors (Lipinski definition) is 1. The molecule has 2 fully saturated rings. The molecule has 2 rings (SSSR count). The number of hydrogen-bond acceptors (Lipinski definition) is 2. The van der Waals surface area contributed by atoms with Crippen LogP contribution in [0, 0.1) is 5.41 Å². The molecule has 0 spiro atoms. The van der Waals surface area contributed by atoms with Crippen molar-refractivity contribution in [1.82, 2.24) is 4.90 Å². The Labute approximate surface area is 95.2 Å². The van der Waals surface area contributed by atoms with Gasteiger partial charge in [-0.1, -0.05) is 26.7 Å². The minimum Gasteiger partial charge on any atom is -0.330 e. The molecule has 1 heterocycles. The van der Waals surface area contributed by atoms with Crippen molar-refractivity contribution >= 4 is 0 Å². The summed E-state index contributed by atoms with van der Waals surface area (Å²) in [6.07, 6.45) is 8.40. The molecule has 1 saturated heterocycles. The molecule has 0 amide bonds. The molecule has 15 heavy (non-hydrogen) atoms. The van der Waals surface area contributed by atoms with E-state index in [1.807, 2.05) is 13.8 Å². The van der Waals surface area contributed by atoms with Crippen molar-refractivity contribution < 1.29 is 0 Å². The number of nitrogens with zero attached hydrogens (tertiary/aromatic N) is 1. The van der Waals surface area contributed by atoms with Crippen molar-refractivity contribution in [2.75, 3.05) is 26.2 Å². The summed E-state index contributed by atoms with van der Waals surface area (Å²) >= 11 is 0. The molecule has 0 radical (unpaired) electrons. The van der Waals surface area contributed by atoms with Crippen LogP contribution in [0.1, 0.15) is 52.4 Å². The lowest BCUT2D eigenvalue weighted by Gasteiger charge is -2.45. The van der Waals surface area contributed by atoms with Gasteiger partial charge in [-0.2, -0.15) is 0 Å². The Bertz CT molecular complexity index is 152. The van der Waals surface area contributed by atoms with E-state index < -0.39 is 0 Å². The molecule has 2 nitrogen and oxygen atoms in total. The third-order valence-electron chi connectivity index (χ3n) is 3.85. The normalized spacial score (nSPS) is 25.0. The first-order valence-corrected chi connectivity index (χ1v) is 6.77. The quantitative estimate of drug-likeness (QED) is 0.779. The van der Waals surface area contributed by atoms with E-state index in [1.165, 1.54) is 58.2 Å². The van der Waals surface area contributed by atoms with Crippen molar-refractivity contribution in [3.8, 4) is 0 Å². The van der Waals surface area contributed by atoms with Crippen molar-refractivity contribution in [2.45, 2.75) is 52.4 Å². The van der Waals surface area contributed by atoms with Gasteiger partial charge in [0.05, 0.1) is 0 Å². The Balaban J connectivity index is 0.000000531. The molecule has 1 saturated carbocycles. The maximum atomic E-state index is 5.86. The molecule has 0 aromatic carbocycles. The number of rotatable bonds is 3. The van der Waals surface area contributed by atoms with Gasteiger partial charge in [0, 0.05) is 6.54 Å². The lowest BCUT2D eigenvalue weighted by Crippen LogP contribution is -2.48. The zero-order valence-electron chi connectivity index (χ0n) is 10.6. The highest BCUT2D eigenvalue weighted by Gasteiger charge is 2.37. The van der Waals surface area contributed by atoms with Crippen LogP contribution in [0.2, 0.25) is 0 Å². The van der Waals surface area contributed by atoms with E-state index in [2.05, 4.69) is 4.90 Å². The van der Waals surface area contributed by atoms with E-state index in [0.717, 1.165) is 6.54 Å². The first-order valence-electron chi connectivity index (χ1n) is 6.77. The first kappa shape index (κ1) is 13.0. The Kier molecular flexibility index (Phi) is 5.62. The Morgan fingerprint density at radius 2 is 1.60 bits per heavy atom. The monoisotopic (exact) mass is 212 g/mol. The van der Waals surface area contributed by atoms with Crippen LogP contribution in [0.25, 0.3) is 0 Å². The molecule has 1 aliphatic heterocycles. The van der Waals surface area contributed by atoms with Crippen LogP contribution in [-0.4, -0.2) is 31.1 Å². The van der Waals surface area contributed by atoms with E-state index in [4.69, 9.17) is 5.73 Å². The van der Waals surface area contributed by atoms with Crippen LogP contribution in [0.3, 0.4) is 0 Å². The molecule has 0 aromatic rings. The van der Waals surface area contributed by atoms with E-state index in [-0.39, 0.29) is 0 Å². The van der Waals surface area contributed by atoms with Crippen LogP contribution >= 0.6 is 0 Å². The average molecular weight is 212 g/mol. The smallest absolute Gasteiger partial charge is 0.00501 e. The van der Waals surface area contributed by atoms with Gasteiger partial charge in [0.1, 0.15) is 0 Å². The zero-order chi connectivity index (χ0) is 11.1. The molecular weight excluding hydrogens is 184 g/mol. The van der Waals surface area contributed by atoms with E-state index >= 15 is 0 Å². The van der Waals surface area contributed by atoms with Crippen LogP contribution in [0.15, 0.2) is 0 Å². The predicted octanol–water partition coefficient (Wildman–Crippen LogP) is 2.63. The largest absolute Gasteiger partial charge is 0.330 e. The SMILES string of the molecule is CC.NCC1(CN2CCCCC2)CCC1. The average Bonchev–Trinajstić information content (AvgIpc) is 2.28. The van der Waals surface area contributed by atoms with E-state index in [1.54, 1.807) is 0 Å². The Hall–Kier alpha value is -0.0800. The van der Waals surface area contributed by atoms with Crippen molar-refractivity contribution in [1.29, 1.82) is 0 Å². The lowest BCUT2D eigenvalue weighted by atomic mass is 9.68. The van der Waals surface area contributed by atoms with Crippen molar-refractivity contribution in [3.63, 3.8) is 0 Å². The summed E-state index contributed by atoms with van der Waals surface area (Å²) < 4.78 is 0. The standard InChI is InChI=1S/C11H22N2.C2H6/c12-9-11(5-4-6-11)10-13-7-2-1-3-8-13;1-2/h1-10,12H2;1-2H3. The number of piperidine rings is 1. The van der Waals surface area contributed by atoms with Gasteiger partial charge in [0.25, 0.3) is 0 Å². The van der Waals surface area contributed by atoms with Gasteiger partial charge >= 0.3 is 0 Å². The third-order valence-corrected chi connectivity index (χ3v) is 3.85. The van der Waals surface area contributed by atoms with Gasteiger partial charge in [-0.25, -0.2) is 0 Å². The maximum Gasteiger partial charge on any atom is 0.00501 e. The van der Waals surface area contributed by atoms with Gasteiger partial charge < -0.3 is 10.6 Å². The molecule has 0 bridgehead atoms. The summed E-state index contributed by atoms with van der Waals surface area (Å²) in [6.45, 7) is 8.83. The Morgan fingerprint density at radius 3 is 2.00 bits per heavy atom. The van der Waals surface area contributed by atoms with Gasteiger partial charge in [-0.15, -0.1) is 0 Å². The van der Waals surface area contributed by atoms with Crippen LogP contribution in [0.5, 0.6) is 0 Å². The number of nitrogens with two attached hydrogens (primary N) is 1. The molecule has 2 aliphatic rings. The minimum absolute atomic E-state index is 0.525. The first-order chi connectivity index (χ1) is 7.35. The molecule has 0 aromatic heterocycles. The Morgan fingerprint density at radius 1 is 1.00 bits per heavy atom. The summed E-state index contributed by atoms with van der Waals surface area (Å²) in [5.41, 5.74) is 6.38. The number of likely N-dealkylation sites (tertiary alicyclic amines) is 1. The molecule has 90 valence electrons. The third kappa shape index (κ3) is 3.46. The highest BCUT2D eigenvalue weighted by Crippen LogP contribution is 2.40. The summed E-state index contributed by atoms with van der Waals surface area (Å²) in [5.74, 6) is 0. The molecule has 2 heteroatoms. The van der Waals surface area contributed by atoms with Crippen LogP contribution in [0.4, 0.5) is 0 Å². The molecule has 0 unspecified atom stereocenters. The highest BCUT2D eigenvalue weighted by atomic mass is 15.1. The highest BCUT2D eigenvalue weighted by molar-refractivity contribution is 4.91. The summed E-state index contributed by atoms with van der Waals surface area (Å²) in [4.78, 5) is 2.63. The van der Waals surface area contributed by atoms with Crippen molar-refractivity contribution in [2.24, 2.45) is 11.1 Å². The van der Waals surface area contributed by atoms with E-state index in [0.29, 0.717) is 5.41 Å². The summed E-state index contributed by atoms with van der Waals surface area (Å²) in [5, 5.41) is 0. The second-order valence-electron chi connectivity index (χ2n) is 4.89. The lowest BCUT2D eigenvalue weighted by molar-refractivity contribution is 0.0649. The fourth-order valence-electron chi connectivity index (χ4n) is 2.70. The minimum atomic E-state index is 0.525. The summed E-state index contributed by atoms with van der Waals surface area (Å²) in [6, 6.07) is 0. The van der Waals surface area contributed by atoms with Gasteiger partial charge in [0.15, 0.2) is 0 Å². The zero-order valence-corrected chi connectivity index (χ0v) is 10.6. The molecule has 2 N–H and O–H groups in total. The van der Waals surface area contributed by atoms with Crippen LogP contribution in [-0.2, 0) is 0 Å². The second-order valence-corrected chi connectivity index (χ2v) is 4.89. The fourth-order valence-corrected chi connectivity index (χ4v) is 2.70. The molecule has 1 aliphatic carbocycles. The van der Waals surface area contributed by atoms with Gasteiger partial charge in [-0.05, 0) is 50.7 Å². The van der Waals surface area contributed by atoms with Gasteiger partial charge in [-0.3, -0.25) is 0 Å². The van der Waals surface area contributed by atoms with Gasteiger partial charge in [0.2, 0.25) is 0 Å². The fraction of sp³-hybridized carbons (Fsp3) is 1.00. The molecular formula is C13H28N2. The molecule has 0 atom stereocenters. The summed E-state index contributed by atoms with van der Waals surface area (Å²) in [7, 11) is 0. The maximum absolute atomic E-state index is 5.86. The van der Waals surface area contributed by atoms with E-state index in [9.17, 15) is 0 Å².